The topological polar surface area (TPSA) is 56.7 Å². The van der Waals surface area contributed by atoms with Crippen molar-refractivity contribution < 1.29 is 0 Å². The van der Waals surface area contributed by atoms with Crippen LogP contribution < -0.4 is 5.73 Å². The lowest BCUT2D eigenvalue weighted by Gasteiger charge is -2.27. The number of hydrogen-bond acceptors (Lipinski definition) is 3. The first-order valence-electron chi connectivity index (χ1n) is 7.25. The Bertz CT molecular complexity index is 565. The predicted octanol–water partition coefficient (Wildman–Crippen LogP) is 3.00. The number of rotatable bonds is 2. The number of aromatic nitrogens is 3. The summed E-state index contributed by atoms with van der Waals surface area (Å²) in [4.78, 5) is 9.35. The molecule has 102 valence electrons. The van der Waals surface area contributed by atoms with Crippen LogP contribution in [0, 0.1) is 0 Å². The molecular weight excluding hydrogens is 236 g/mol. The molecule has 1 fully saturated rings. The fraction of sp³-hybridized carbons (Fsp3) is 0.600. The molecule has 4 nitrogen and oxygen atoms in total. The zero-order valence-corrected chi connectivity index (χ0v) is 11.7. The first-order valence-corrected chi connectivity index (χ1v) is 7.25. The minimum Gasteiger partial charge on any atom is -0.328 e. The summed E-state index contributed by atoms with van der Waals surface area (Å²) in [6.07, 6.45) is 6.37. The molecule has 0 aromatic carbocycles. The molecule has 2 N–H and O–H groups in total. The van der Waals surface area contributed by atoms with Crippen LogP contribution in [0.4, 0.5) is 0 Å². The number of nitrogens with zero attached hydrogens (tertiary/aromatic N) is 3. The van der Waals surface area contributed by atoms with Crippen LogP contribution in [0.15, 0.2) is 18.3 Å². The van der Waals surface area contributed by atoms with Crippen LogP contribution in [-0.4, -0.2) is 20.6 Å². The van der Waals surface area contributed by atoms with Crippen LogP contribution in [0.5, 0.6) is 0 Å². The Morgan fingerprint density at radius 3 is 2.68 bits per heavy atom. The predicted molar refractivity (Wildman–Crippen MR) is 77.1 cm³/mol. The molecule has 1 saturated carbocycles. The third-order valence-corrected chi connectivity index (χ3v) is 4.13. The highest BCUT2D eigenvalue weighted by Crippen LogP contribution is 2.34. The molecule has 0 bridgehead atoms. The van der Waals surface area contributed by atoms with Gasteiger partial charge in [-0.25, -0.2) is 9.97 Å². The maximum absolute atomic E-state index is 6.01. The van der Waals surface area contributed by atoms with Crippen LogP contribution in [0.25, 0.3) is 11.2 Å². The molecule has 0 atom stereocenters. The van der Waals surface area contributed by atoms with Gasteiger partial charge in [-0.2, -0.15) is 0 Å². The second-order valence-corrected chi connectivity index (χ2v) is 5.89. The highest BCUT2D eigenvalue weighted by atomic mass is 15.1. The lowest BCUT2D eigenvalue weighted by Crippen LogP contribution is -2.27. The van der Waals surface area contributed by atoms with Gasteiger partial charge < -0.3 is 10.3 Å². The first kappa shape index (κ1) is 12.6. The summed E-state index contributed by atoms with van der Waals surface area (Å²) in [6.45, 7) is 4.40. The van der Waals surface area contributed by atoms with E-state index in [2.05, 4.69) is 29.5 Å². The van der Waals surface area contributed by atoms with Crippen molar-refractivity contribution in [2.45, 2.75) is 57.5 Å². The van der Waals surface area contributed by atoms with E-state index in [1.54, 1.807) is 0 Å². The van der Waals surface area contributed by atoms with Crippen molar-refractivity contribution in [3.8, 4) is 0 Å². The Labute approximate surface area is 114 Å². The van der Waals surface area contributed by atoms with Crippen molar-refractivity contribution in [1.29, 1.82) is 0 Å². The van der Waals surface area contributed by atoms with Crippen molar-refractivity contribution >= 4 is 11.2 Å². The van der Waals surface area contributed by atoms with Gasteiger partial charge in [-0.15, -0.1) is 0 Å². The Morgan fingerprint density at radius 2 is 2.00 bits per heavy atom. The molecule has 0 unspecified atom stereocenters. The number of fused-ring (bicyclic) bond motifs is 1. The smallest absolute Gasteiger partial charge is 0.160 e. The lowest BCUT2D eigenvalue weighted by molar-refractivity contribution is 0.372. The quantitative estimate of drug-likeness (QED) is 0.901. The zero-order chi connectivity index (χ0) is 13.4. The summed E-state index contributed by atoms with van der Waals surface area (Å²) < 4.78 is 2.30. The maximum atomic E-state index is 6.01. The maximum Gasteiger partial charge on any atom is 0.160 e. The van der Waals surface area contributed by atoms with Gasteiger partial charge in [0.15, 0.2) is 5.65 Å². The van der Waals surface area contributed by atoms with Gasteiger partial charge in [-0.1, -0.05) is 0 Å². The van der Waals surface area contributed by atoms with Gasteiger partial charge in [0.2, 0.25) is 0 Å². The number of imidazole rings is 1. The van der Waals surface area contributed by atoms with Gasteiger partial charge in [0.05, 0.1) is 0 Å². The Hall–Kier alpha value is -1.42. The number of nitrogens with two attached hydrogens (primary N) is 1. The molecule has 1 aliphatic carbocycles. The average Bonchev–Trinajstić information content (AvgIpc) is 2.78. The second-order valence-electron chi connectivity index (χ2n) is 5.89. The van der Waals surface area contributed by atoms with Crippen molar-refractivity contribution in [3.05, 3.63) is 24.2 Å². The standard InChI is InChI=1S/C15H22N4/c1-10(2)19-14(11-5-7-12(16)8-6-11)18-13-4-3-9-17-15(13)19/h3-4,9-12H,5-8,16H2,1-2H3. The summed E-state index contributed by atoms with van der Waals surface area (Å²) in [5.41, 5.74) is 8.04. The monoisotopic (exact) mass is 258 g/mol. The van der Waals surface area contributed by atoms with Crippen LogP contribution in [0.3, 0.4) is 0 Å². The van der Waals surface area contributed by atoms with E-state index in [-0.39, 0.29) is 0 Å². The van der Waals surface area contributed by atoms with Crippen molar-refractivity contribution in [2.24, 2.45) is 5.73 Å². The molecule has 0 aliphatic heterocycles. The van der Waals surface area contributed by atoms with Gasteiger partial charge in [-0.05, 0) is 51.7 Å². The van der Waals surface area contributed by atoms with E-state index in [1.807, 2.05) is 12.3 Å². The molecule has 4 heteroatoms. The third-order valence-electron chi connectivity index (χ3n) is 4.13. The van der Waals surface area contributed by atoms with E-state index in [1.165, 1.54) is 5.82 Å². The van der Waals surface area contributed by atoms with Crippen LogP contribution in [0.1, 0.15) is 57.3 Å². The van der Waals surface area contributed by atoms with Crippen LogP contribution in [0.2, 0.25) is 0 Å². The highest BCUT2D eigenvalue weighted by molar-refractivity contribution is 5.71. The second kappa shape index (κ2) is 4.93. The largest absolute Gasteiger partial charge is 0.328 e. The van der Waals surface area contributed by atoms with Crippen molar-refractivity contribution in [2.75, 3.05) is 0 Å². The van der Waals surface area contributed by atoms with Gasteiger partial charge >= 0.3 is 0 Å². The van der Waals surface area contributed by atoms with E-state index in [9.17, 15) is 0 Å². The lowest BCUT2D eigenvalue weighted by atomic mass is 9.86. The fourth-order valence-electron chi connectivity index (χ4n) is 3.12. The van der Waals surface area contributed by atoms with Crippen LogP contribution in [-0.2, 0) is 0 Å². The van der Waals surface area contributed by atoms with E-state index in [0.717, 1.165) is 36.8 Å². The SMILES string of the molecule is CC(C)n1c(C2CCC(N)CC2)nc2cccnc21. The minimum absolute atomic E-state index is 0.381. The molecule has 1 aliphatic rings. The molecule has 2 aromatic heterocycles. The molecular formula is C15H22N4. The van der Waals surface area contributed by atoms with Gasteiger partial charge in [0, 0.05) is 24.2 Å². The Kier molecular flexibility index (Phi) is 3.27. The Balaban J connectivity index is 2.05. The molecule has 0 amide bonds. The highest BCUT2D eigenvalue weighted by Gasteiger charge is 2.26. The van der Waals surface area contributed by atoms with E-state index in [4.69, 9.17) is 10.7 Å². The summed E-state index contributed by atoms with van der Waals surface area (Å²) in [5.74, 6) is 1.74. The summed E-state index contributed by atoms with van der Waals surface area (Å²) in [6, 6.07) is 4.79. The van der Waals surface area contributed by atoms with E-state index >= 15 is 0 Å². The van der Waals surface area contributed by atoms with Gasteiger partial charge in [-0.3, -0.25) is 0 Å². The van der Waals surface area contributed by atoms with E-state index < -0.39 is 0 Å². The molecule has 2 aromatic rings. The molecule has 0 radical (unpaired) electrons. The van der Waals surface area contributed by atoms with Crippen LogP contribution >= 0.6 is 0 Å². The van der Waals surface area contributed by atoms with Gasteiger partial charge in [0.1, 0.15) is 11.3 Å². The molecule has 0 saturated heterocycles. The molecule has 19 heavy (non-hydrogen) atoms. The summed E-state index contributed by atoms with van der Waals surface area (Å²) >= 11 is 0. The molecule has 2 heterocycles. The van der Waals surface area contributed by atoms with Gasteiger partial charge in [0.25, 0.3) is 0 Å². The number of hydrogen-bond donors (Lipinski definition) is 1. The summed E-state index contributed by atoms with van der Waals surface area (Å²) in [5, 5.41) is 0. The fourth-order valence-corrected chi connectivity index (χ4v) is 3.12. The van der Waals surface area contributed by atoms with E-state index in [0.29, 0.717) is 18.0 Å². The van der Waals surface area contributed by atoms with Crippen molar-refractivity contribution in [1.82, 2.24) is 14.5 Å². The number of pyridine rings is 1. The Morgan fingerprint density at radius 1 is 1.26 bits per heavy atom. The molecule has 3 rings (SSSR count). The normalized spacial score (nSPS) is 24.2. The summed E-state index contributed by atoms with van der Waals surface area (Å²) in [7, 11) is 0. The zero-order valence-electron chi connectivity index (χ0n) is 11.7. The average molecular weight is 258 g/mol. The first-order chi connectivity index (χ1) is 9.16. The third kappa shape index (κ3) is 2.25. The molecule has 0 spiro atoms. The minimum atomic E-state index is 0.381. The van der Waals surface area contributed by atoms with Crippen molar-refractivity contribution in [3.63, 3.8) is 0 Å².